The Morgan fingerprint density at radius 2 is 2.25 bits per heavy atom. The van der Waals surface area contributed by atoms with Gasteiger partial charge in [0.1, 0.15) is 0 Å². The average Bonchev–Trinajstić information content (AvgIpc) is 2.65. The van der Waals surface area contributed by atoms with Gasteiger partial charge < -0.3 is 10.6 Å². The van der Waals surface area contributed by atoms with Gasteiger partial charge in [-0.2, -0.15) is 0 Å². The molecule has 4 heteroatoms. The van der Waals surface area contributed by atoms with Gasteiger partial charge in [-0.15, -0.1) is 11.3 Å². The summed E-state index contributed by atoms with van der Waals surface area (Å²) in [7, 11) is 0. The molecule has 16 heavy (non-hydrogen) atoms. The molecule has 0 saturated carbocycles. The molecule has 1 aromatic rings. The highest BCUT2D eigenvalue weighted by Crippen LogP contribution is 2.27. The van der Waals surface area contributed by atoms with Crippen LogP contribution in [0.15, 0.2) is 15.9 Å². The van der Waals surface area contributed by atoms with Crippen LogP contribution in [-0.4, -0.2) is 19.6 Å². The first kappa shape index (κ1) is 12.6. The molecule has 0 spiro atoms. The largest absolute Gasteiger partial charge is 0.317 e. The highest BCUT2D eigenvalue weighted by atomic mass is 79.9. The van der Waals surface area contributed by atoms with Crippen molar-refractivity contribution in [3.05, 3.63) is 20.8 Å². The van der Waals surface area contributed by atoms with Crippen molar-refractivity contribution in [1.29, 1.82) is 0 Å². The molecular formula is C12H19BrN2S. The predicted octanol–water partition coefficient (Wildman–Crippen LogP) is 2.99. The molecule has 0 atom stereocenters. The summed E-state index contributed by atoms with van der Waals surface area (Å²) in [6, 6.07) is 2.20. The Kier molecular flexibility index (Phi) is 4.41. The molecule has 1 aromatic heterocycles. The van der Waals surface area contributed by atoms with Crippen molar-refractivity contribution >= 4 is 27.3 Å². The summed E-state index contributed by atoms with van der Waals surface area (Å²) in [4.78, 5) is 1.41. The summed E-state index contributed by atoms with van der Waals surface area (Å²) in [5.41, 5.74) is 0.486. The third-order valence-corrected chi connectivity index (χ3v) is 4.98. The van der Waals surface area contributed by atoms with Crippen LogP contribution in [0, 0.1) is 5.41 Å². The summed E-state index contributed by atoms with van der Waals surface area (Å²) in [5, 5.41) is 9.15. The molecule has 0 amide bonds. The van der Waals surface area contributed by atoms with E-state index >= 15 is 0 Å². The van der Waals surface area contributed by atoms with Gasteiger partial charge in [0.15, 0.2) is 0 Å². The van der Waals surface area contributed by atoms with E-state index in [4.69, 9.17) is 0 Å². The molecule has 1 saturated heterocycles. The average molecular weight is 303 g/mol. The lowest BCUT2D eigenvalue weighted by atomic mass is 9.81. The van der Waals surface area contributed by atoms with E-state index in [2.05, 4.69) is 44.9 Å². The lowest BCUT2D eigenvalue weighted by Gasteiger charge is -2.34. The van der Waals surface area contributed by atoms with Crippen LogP contribution >= 0.6 is 27.3 Å². The Balaban J connectivity index is 1.74. The second kappa shape index (κ2) is 5.63. The molecule has 2 N–H and O–H groups in total. The number of nitrogens with one attached hydrogen (secondary N) is 2. The van der Waals surface area contributed by atoms with Gasteiger partial charge in [0, 0.05) is 27.8 Å². The Morgan fingerprint density at radius 3 is 2.88 bits per heavy atom. The zero-order valence-electron chi connectivity index (χ0n) is 9.68. The minimum Gasteiger partial charge on any atom is -0.317 e. The van der Waals surface area contributed by atoms with E-state index in [0.717, 1.165) is 13.1 Å². The van der Waals surface area contributed by atoms with Crippen LogP contribution in [0.4, 0.5) is 0 Å². The van der Waals surface area contributed by atoms with E-state index in [1.165, 1.54) is 35.3 Å². The number of hydrogen-bond donors (Lipinski definition) is 2. The normalized spacial score (nSPS) is 19.9. The van der Waals surface area contributed by atoms with E-state index in [1.807, 2.05) is 11.3 Å². The molecule has 0 aromatic carbocycles. The van der Waals surface area contributed by atoms with Crippen molar-refractivity contribution in [1.82, 2.24) is 10.6 Å². The number of rotatable bonds is 4. The second-order valence-corrected chi connectivity index (χ2v) is 6.81. The molecule has 90 valence electrons. The molecule has 0 radical (unpaired) electrons. The maximum absolute atomic E-state index is 3.59. The van der Waals surface area contributed by atoms with Gasteiger partial charge in [-0.05, 0) is 53.3 Å². The van der Waals surface area contributed by atoms with Gasteiger partial charge >= 0.3 is 0 Å². The molecule has 1 fully saturated rings. The zero-order valence-corrected chi connectivity index (χ0v) is 12.1. The molecule has 1 aliphatic rings. The highest BCUT2D eigenvalue weighted by molar-refractivity contribution is 9.10. The maximum Gasteiger partial charge on any atom is 0.0300 e. The van der Waals surface area contributed by atoms with Crippen LogP contribution in [-0.2, 0) is 6.54 Å². The zero-order chi connectivity index (χ0) is 11.4. The third kappa shape index (κ3) is 3.55. The summed E-state index contributed by atoms with van der Waals surface area (Å²) in [6.07, 6.45) is 2.57. The molecule has 0 unspecified atom stereocenters. The van der Waals surface area contributed by atoms with Crippen molar-refractivity contribution < 1.29 is 0 Å². The molecule has 0 aliphatic carbocycles. The molecule has 1 aliphatic heterocycles. The SMILES string of the molecule is CC1(CNCc2cc(Br)cs2)CCNCC1. The molecule has 2 rings (SSSR count). The summed E-state index contributed by atoms with van der Waals surface area (Å²) in [6.45, 7) is 6.86. The van der Waals surface area contributed by atoms with Crippen LogP contribution in [0.2, 0.25) is 0 Å². The van der Waals surface area contributed by atoms with Crippen LogP contribution in [0.3, 0.4) is 0 Å². The quantitative estimate of drug-likeness (QED) is 0.893. The van der Waals surface area contributed by atoms with E-state index in [0.29, 0.717) is 5.41 Å². The van der Waals surface area contributed by atoms with E-state index < -0.39 is 0 Å². The van der Waals surface area contributed by atoms with Crippen LogP contribution in [0.5, 0.6) is 0 Å². The molecule has 2 nitrogen and oxygen atoms in total. The van der Waals surface area contributed by atoms with Gasteiger partial charge in [0.25, 0.3) is 0 Å². The molecule has 2 heterocycles. The number of piperidine rings is 1. The van der Waals surface area contributed by atoms with Crippen LogP contribution in [0.25, 0.3) is 0 Å². The monoisotopic (exact) mass is 302 g/mol. The van der Waals surface area contributed by atoms with Gasteiger partial charge in [0.2, 0.25) is 0 Å². The van der Waals surface area contributed by atoms with Crippen molar-refractivity contribution in [2.45, 2.75) is 26.3 Å². The van der Waals surface area contributed by atoms with Gasteiger partial charge in [-0.3, -0.25) is 0 Å². The topological polar surface area (TPSA) is 24.1 Å². The summed E-state index contributed by atoms with van der Waals surface area (Å²) < 4.78 is 1.20. The Bertz CT molecular complexity index is 332. The first-order valence-electron chi connectivity index (χ1n) is 5.82. The Labute approximate surface area is 110 Å². The van der Waals surface area contributed by atoms with Crippen molar-refractivity contribution in [2.75, 3.05) is 19.6 Å². The van der Waals surface area contributed by atoms with Crippen molar-refractivity contribution in [3.63, 3.8) is 0 Å². The van der Waals surface area contributed by atoms with Crippen molar-refractivity contribution in [2.24, 2.45) is 5.41 Å². The predicted molar refractivity (Wildman–Crippen MR) is 73.9 cm³/mol. The Morgan fingerprint density at radius 1 is 1.50 bits per heavy atom. The fourth-order valence-corrected chi connectivity index (χ4v) is 3.56. The lowest BCUT2D eigenvalue weighted by molar-refractivity contribution is 0.220. The standard InChI is InChI=1S/C12H19BrN2S/c1-12(2-4-14-5-3-12)9-15-7-11-6-10(13)8-16-11/h6,8,14-15H,2-5,7,9H2,1H3. The minimum absolute atomic E-state index is 0.486. The number of halogens is 1. The first-order chi connectivity index (χ1) is 7.68. The fraction of sp³-hybridized carbons (Fsp3) is 0.667. The van der Waals surface area contributed by atoms with E-state index in [-0.39, 0.29) is 0 Å². The highest BCUT2D eigenvalue weighted by Gasteiger charge is 2.25. The molecular weight excluding hydrogens is 284 g/mol. The molecule has 0 bridgehead atoms. The maximum atomic E-state index is 3.59. The van der Waals surface area contributed by atoms with Crippen molar-refractivity contribution in [3.8, 4) is 0 Å². The Hall–Kier alpha value is 0.1000. The summed E-state index contributed by atoms with van der Waals surface area (Å²) in [5.74, 6) is 0. The van der Waals surface area contributed by atoms with Gasteiger partial charge in [-0.25, -0.2) is 0 Å². The second-order valence-electron chi connectivity index (χ2n) is 4.90. The van der Waals surface area contributed by atoms with E-state index in [9.17, 15) is 0 Å². The van der Waals surface area contributed by atoms with Gasteiger partial charge in [0.05, 0.1) is 0 Å². The number of thiophene rings is 1. The smallest absolute Gasteiger partial charge is 0.0300 e. The lowest BCUT2D eigenvalue weighted by Crippen LogP contribution is -2.41. The summed E-state index contributed by atoms with van der Waals surface area (Å²) >= 11 is 5.30. The number of hydrogen-bond acceptors (Lipinski definition) is 3. The van der Waals surface area contributed by atoms with E-state index in [1.54, 1.807) is 0 Å². The van der Waals surface area contributed by atoms with Crippen LogP contribution in [0.1, 0.15) is 24.6 Å². The van der Waals surface area contributed by atoms with Crippen LogP contribution < -0.4 is 10.6 Å². The fourth-order valence-electron chi connectivity index (χ4n) is 2.14. The van der Waals surface area contributed by atoms with Gasteiger partial charge in [-0.1, -0.05) is 6.92 Å². The third-order valence-electron chi connectivity index (χ3n) is 3.28. The minimum atomic E-state index is 0.486. The first-order valence-corrected chi connectivity index (χ1v) is 7.50.